The zero-order chi connectivity index (χ0) is 10.6. The fourth-order valence-corrected chi connectivity index (χ4v) is 2.22. The molecule has 0 aromatic heterocycles. The van der Waals surface area contributed by atoms with Crippen molar-refractivity contribution in [1.29, 1.82) is 0 Å². The maximum absolute atomic E-state index is 5.90. The number of rotatable bonds is 4. The van der Waals surface area contributed by atoms with Crippen LogP contribution in [0.2, 0.25) is 0 Å². The molecule has 0 radical (unpaired) electrons. The number of halogens is 1. The van der Waals surface area contributed by atoms with Gasteiger partial charge in [0.2, 0.25) is 0 Å². The van der Waals surface area contributed by atoms with E-state index in [4.69, 9.17) is 9.47 Å². The molecule has 0 N–H and O–H groups in total. The van der Waals surface area contributed by atoms with Gasteiger partial charge in [-0.2, -0.15) is 0 Å². The summed E-state index contributed by atoms with van der Waals surface area (Å²) in [6, 6.07) is 0. The fourth-order valence-electron chi connectivity index (χ4n) is 1.89. The van der Waals surface area contributed by atoms with E-state index in [2.05, 4.69) is 34.7 Å². The van der Waals surface area contributed by atoms with Crippen LogP contribution in [0.25, 0.3) is 0 Å². The number of hydrogen-bond donors (Lipinski definition) is 0. The van der Waals surface area contributed by atoms with Crippen molar-refractivity contribution in [1.82, 2.24) is 4.90 Å². The molecule has 1 saturated heterocycles. The van der Waals surface area contributed by atoms with Crippen molar-refractivity contribution >= 4 is 15.9 Å². The molecule has 1 unspecified atom stereocenters. The molecule has 0 aliphatic carbocycles. The summed E-state index contributed by atoms with van der Waals surface area (Å²) in [4.78, 5) is 2.40. The van der Waals surface area contributed by atoms with Gasteiger partial charge in [0.15, 0.2) is 0 Å². The Bertz CT molecular complexity index is 176. The Balaban J connectivity index is 2.43. The molecule has 4 heteroatoms. The predicted molar refractivity (Wildman–Crippen MR) is 61.1 cm³/mol. The van der Waals surface area contributed by atoms with Gasteiger partial charge in [-0.25, -0.2) is 0 Å². The van der Waals surface area contributed by atoms with Crippen LogP contribution in [0.4, 0.5) is 0 Å². The molecule has 1 aliphatic rings. The second kappa shape index (κ2) is 5.45. The van der Waals surface area contributed by atoms with Crippen LogP contribution in [-0.2, 0) is 9.47 Å². The molecule has 1 rings (SSSR count). The van der Waals surface area contributed by atoms with E-state index in [1.807, 2.05) is 0 Å². The first-order valence-electron chi connectivity index (χ1n) is 5.02. The van der Waals surface area contributed by atoms with E-state index in [1.165, 1.54) is 0 Å². The highest BCUT2D eigenvalue weighted by molar-refractivity contribution is 9.09. The van der Waals surface area contributed by atoms with Crippen molar-refractivity contribution < 1.29 is 9.47 Å². The van der Waals surface area contributed by atoms with E-state index in [9.17, 15) is 0 Å². The molecule has 0 aromatic carbocycles. The average Bonchev–Trinajstić information content (AvgIpc) is 2.12. The maximum atomic E-state index is 5.90. The Kier molecular flexibility index (Phi) is 4.83. The molecule has 1 fully saturated rings. The SMILES string of the molecule is COCCN1CC(CBr)OC(C)(C)C1. The van der Waals surface area contributed by atoms with Crippen LogP contribution >= 0.6 is 15.9 Å². The number of nitrogens with zero attached hydrogens (tertiary/aromatic N) is 1. The van der Waals surface area contributed by atoms with Crippen LogP contribution < -0.4 is 0 Å². The molecule has 1 aliphatic heterocycles. The molecule has 0 amide bonds. The van der Waals surface area contributed by atoms with Crippen LogP contribution in [0.15, 0.2) is 0 Å². The van der Waals surface area contributed by atoms with E-state index < -0.39 is 0 Å². The van der Waals surface area contributed by atoms with Gasteiger partial charge in [-0.1, -0.05) is 15.9 Å². The van der Waals surface area contributed by atoms with Crippen LogP contribution in [-0.4, -0.2) is 55.3 Å². The highest BCUT2D eigenvalue weighted by atomic mass is 79.9. The molecular weight excluding hydrogens is 246 g/mol. The first kappa shape index (κ1) is 12.4. The molecule has 0 spiro atoms. The monoisotopic (exact) mass is 265 g/mol. The van der Waals surface area contributed by atoms with Gasteiger partial charge in [0.25, 0.3) is 0 Å². The largest absolute Gasteiger partial charge is 0.383 e. The molecule has 0 bridgehead atoms. The highest BCUT2D eigenvalue weighted by Gasteiger charge is 2.32. The quantitative estimate of drug-likeness (QED) is 0.720. The predicted octanol–water partition coefficient (Wildman–Crippen LogP) is 1.51. The summed E-state index contributed by atoms with van der Waals surface area (Å²) >= 11 is 3.48. The number of methoxy groups -OCH3 is 1. The topological polar surface area (TPSA) is 21.7 Å². The Morgan fingerprint density at radius 1 is 1.57 bits per heavy atom. The standard InChI is InChI=1S/C10H20BrNO2/c1-10(2)8-12(4-5-13-3)7-9(6-11)14-10/h9H,4-8H2,1-3H3. The average molecular weight is 266 g/mol. The Labute approximate surface area is 94.9 Å². The van der Waals surface area contributed by atoms with Crippen LogP contribution in [0, 0.1) is 0 Å². The van der Waals surface area contributed by atoms with Gasteiger partial charge in [-0.05, 0) is 13.8 Å². The third kappa shape index (κ3) is 3.85. The van der Waals surface area contributed by atoms with Crippen molar-refractivity contribution in [3.8, 4) is 0 Å². The van der Waals surface area contributed by atoms with E-state index in [1.54, 1.807) is 7.11 Å². The number of alkyl halides is 1. The lowest BCUT2D eigenvalue weighted by Gasteiger charge is -2.42. The zero-order valence-electron chi connectivity index (χ0n) is 9.25. The Morgan fingerprint density at radius 3 is 2.86 bits per heavy atom. The summed E-state index contributed by atoms with van der Waals surface area (Å²) < 4.78 is 11.0. The normalized spacial score (nSPS) is 27.9. The van der Waals surface area contributed by atoms with Crippen molar-refractivity contribution in [3.05, 3.63) is 0 Å². The van der Waals surface area contributed by atoms with Crippen LogP contribution in [0.1, 0.15) is 13.8 Å². The van der Waals surface area contributed by atoms with Gasteiger partial charge in [-0.3, -0.25) is 4.90 Å². The molecule has 0 saturated carbocycles. The lowest BCUT2D eigenvalue weighted by atomic mass is 10.1. The summed E-state index contributed by atoms with van der Waals surface area (Å²) in [6.45, 7) is 8.05. The summed E-state index contributed by atoms with van der Waals surface area (Å²) in [7, 11) is 1.74. The molecular formula is C10H20BrNO2. The minimum absolute atomic E-state index is 0.0373. The second-order valence-electron chi connectivity index (χ2n) is 4.38. The van der Waals surface area contributed by atoms with Crippen molar-refractivity contribution in [2.24, 2.45) is 0 Å². The van der Waals surface area contributed by atoms with Crippen molar-refractivity contribution in [2.75, 3.05) is 38.7 Å². The fraction of sp³-hybridized carbons (Fsp3) is 1.00. The smallest absolute Gasteiger partial charge is 0.0806 e. The van der Waals surface area contributed by atoms with Crippen LogP contribution in [0.5, 0.6) is 0 Å². The molecule has 1 atom stereocenters. The summed E-state index contributed by atoms with van der Waals surface area (Å²) in [5.41, 5.74) is -0.0373. The molecule has 1 heterocycles. The second-order valence-corrected chi connectivity index (χ2v) is 5.03. The summed E-state index contributed by atoms with van der Waals surface area (Å²) in [6.07, 6.45) is 0.301. The summed E-state index contributed by atoms with van der Waals surface area (Å²) in [5, 5.41) is 0.903. The first-order chi connectivity index (χ1) is 6.57. The molecule has 3 nitrogen and oxygen atoms in total. The maximum Gasteiger partial charge on any atom is 0.0806 e. The van der Waals surface area contributed by atoms with Gasteiger partial charge < -0.3 is 9.47 Å². The van der Waals surface area contributed by atoms with Gasteiger partial charge in [0, 0.05) is 32.1 Å². The third-order valence-corrected chi connectivity index (χ3v) is 3.06. The first-order valence-corrected chi connectivity index (χ1v) is 6.14. The zero-order valence-corrected chi connectivity index (χ0v) is 10.8. The third-order valence-electron chi connectivity index (χ3n) is 2.34. The lowest BCUT2D eigenvalue weighted by Crippen LogP contribution is -2.53. The Hall–Kier alpha value is 0.360. The van der Waals surface area contributed by atoms with Gasteiger partial charge in [-0.15, -0.1) is 0 Å². The van der Waals surface area contributed by atoms with Crippen molar-refractivity contribution in [2.45, 2.75) is 25.6 Å². The minimum Gasteiger partial charge on any atom is -0.383 e. The highest BCUT2D eigenvalue weighted by Crippen LogP contribution is 2.21. The minimum atomic E-state index is -0.0373. The van der Waals surface area contributed by atoms with Crippen LogP contribution in [0.3, 0.4) is 0 Å². The van der Waals surface area contributed by atoms with Crippen molar-refractivity contribution in [3.63, 3.8) is 0 Å². The van der Waals surface area contributed by atoms with E-state index in [0.29, 0.717) is 6.10 Å². The van der Waals surface area contributed by atoms with E-state index in [-0.39, 0.29) is 5.60 Å². The number of hydrogen-bond acceptors (Lipinski definition) is 3. The molecule has 0 aromatic rings. The van der Waals surface area contributed by atoms with Gasteiger partial charge >= 0.3 is 0 Å². The molecule has 84 valence electrons. The Morgan fingerprint density at radius 2 is 2.29 bits per heavy atom. The molecule has 14 heavy (non-hydrogen) atoms. The van der Waals surface area contributed by atoms with E-state index >= 15 is 0 Å². The summed E-state index contributed by atoms with van der Waals surface area (Å²) in [5.74, 6) is 0. The number of ether oxygens (including phenoxy) is 2. The lowest BCUT2D eigenvalue weighted by molar-refractivity contribution is -0.128. The number of morpholine rings is 1. The van der Waals surface area contributed by atoms with E-state index in [0.717, 1.165) is 31.6 Å². The van der Waals surface area contributed by atoms with Gasteiger partial charge in [0.1, 0.15) is 0 Å². The van der Waals surface area contributed by atoms with Gasteiger partial charge in [0.05, 0.1) is 18.3 Å².